The van der Waals surface area contributed by atoms with Crippen LogP contribution in [0.25, 0.3) is 5.70 Å². The molecule has 152 valence electrons. The molecule has 1 atom stereocenters. The molecule has 11 heteroatoms. The van der Waals surface area contributed by atoms with Gasteiger partial charge in [0.25, 0.3) is 5.84 Å². The van der Waals surface area contributed by atoms with E-state index in [4.69, 9.17) is 5.26 Å². The maximum atomic E-state index is 14.2. The first-order valence-electron chi connectivity index (χ1n) is 8.68. The minimum atomic E-state index is -0.705. The molecule has 1 aromatic heterocycles. The van der Waals surface area contributed by atoms with E-state index >= 15 is 0 Å². The van der Waals surface area contributed by atoms with Crippen molar-refractivity contribution in [2.75, 3.05) is 18.4 Å². The number of anilines is 1. The van der Waals surface area contributed by atoms with E-state index in [9.17, 15) is 8.78 Å². The molecule has 2 aliphatic heterocycles. The van der Waals surface area contributed by atoms with Crippen LogP contribution in [0.1, 0.15) is 11.1 Å². The van der Waals surface area contributed by atoms with E-state index in [1.807, 2.05) is 6.07 Å². The summed E-state index contributed by atoms with van der Waals surface area (Å²) in [4.78, 5) is 12.5. The van der Waals surface area contributed by atoms with Crippen LogP contribution in [0.3, 0.4) is 0 Å². The van der Waals surface area contributed by atoms with Gasteiger partial charge in [0, 0.05) is 24.4 Å². The summed E-state index contributed by atoms with van der Waals surface area (Å²) < 4.78 is 27.2. The fourth-order valence-electron chi connectivity index (χ4n) is 2.86. The molecule has 4 rings (SSSR count). The summed E-state index contributed by atoms with van der Waals surface area (Å²) in [5.41, 5.74) is 4.19. The Hall–Kier alpha value is -3.52. The molecule has 2 N–H and O–H groups in total. The molecule has 0 fully saturated rings. The highest BCUT2D eigenvalue weighted by molar-refractivity contribution is 6.29. The van der Waals surface area contributed by atoms with Gasteiger partial charge in [-0.05, 0) is 34.1 Å². The van der Waals surface area contributed by atoms with Crippen LogP contribution < -0.4 is 10.7 Å². The van der Waals surface area contributed by atoms with Crippen LogP contribution in [0, 0.1) is 23.0 Å². The Morgan fingerprint density at radius 1 is 1.13 bits per heavy atom. The van der Waals surface area contributed by atoms with E-state index in [1.165, 1.54) is 30.9 Å². The lowest BCUT2D eigenvalue weighted by atomic mass is 10.1. The van der Waals surface area contributed by atoms with Crippen molar-refractivity contribution in [3.8, 4) is 6.07 Å². The molecule has 3 heterocycles. The highest BCUT2D eigenvalue weighted by Gasteiger charge is 2.39. The minimum absolute atomic E-state index is 0. The van der Waals surface area contributed by atoms with Gasteiger partial charge in [-0.3, -0.25) is 0 Å². The highest BCUT2D eigenvalue weighted by atomic mass is 35.5. The molecule has 0 bridgehead atoms. The second-order valence-corrected chi connectivity index (χ2v) is 6.18. The van der Waals surface area contributed by atoms with Crippen LogP contribution >= 0.6 is 12.4 Å². The van der Waals surface area contributed by atoms with Gasteiger partial charge in [0.2, 0.25) is 0 Å². The van der Waals surface area contributed by atoms with Crippen molar-refractivity contribution in [3.63, 3.8) is 0 Å². The van der Waals surface area contributed by atoms with E-state index in [0.29, 0.717) is 36.0 Å². The third-order valence-corrected chi connectivity index (χ3v) is 4.28. The summed E-state index contributed by atoms with van der Waals surface area (Å²) in [5.74, 6) is -0.205. The van der Waals surface area contributed by atoms with Crippen LogP contribution in [0.15, 0.2) is 57.8 Å². The molecule has 2 aliphatic rings. The average Bonchev–Trinajstić information content (AvgIpc) is 3.15. The van der Waals surface area contributed by atoms with Crippen LogP contribution in [0.5, 0.6) is 0 Å². The van der Waals surface area contributed by atoms with Crippen molar-refractivity contribution in [1.29, 1.82) is 5.26 Å². The first kappa shape index (κ1) is 21.2. The number of aromatic nitrogens is 1. The SMILES string of the molecule is Cl.N#Cc1ccc(NCCN[N+]23C=C(c4ccc(F)cc4F)N=CC2=NC=N3)nc1. The van der Waals surface area contributed by atoms with E-state index < -0.39 is 11.6 Å². The van der Waals surface area contributed by atoms with Crippen LogP contribution in [0.4, 0.5) is 14.6 Å². The average molecular weight is 430 g/mol. The number of rotatable bonds is 6. The van der Waals surface area contributed by atoms with E-state index in [2.05, 4.69) is 30.8 Å². The standard InChI is InChI=1S/C19H15F2N8.ClH/c20-14-2-3-15(16(21)7-14)17-11-29(19(10-24-17)26-12-28-29)27-6-5-23-18-4-1-13(8-22)9-25-18;/h1-4,7,9-12,27H,5-6H2,(H,23,25);1H/q+1;. The quantitative estimate of drug-likeness (QED) is 0.545. The van der Waals surface area contributed by atoms with Crippen molar-refractivity contribution < 1.29 is 13.5 Å². The molecule has 0 saturated heterocycles. The lowest BCUT2D eigenvalue weighted by Gasteiger charge is -2.26. The molecule has 0 spiro atoms. The van der Waals surface area contributed by atoms with Gasteiger partial charge < -0.3 is 5.32 Å². The van der Waals surface area contributed by atoms with Gasteiger partial charge in [-0.2, -0.15) is 10.3 Å². The predicted octanol–water partition coefficient (Wildman–Crippen LogP) is 2.82. The number of quaternary nitrogens is 1. The first-order chi connectivity index (χ1) is 14.1. The molecule has 8 nitrogen and oxygen atoms in total. The number of fused-ring (bicyclic) bond motifs is 1. The minimum Gasteiger partial charge on any atom is -0.369 e. The van der Waals surface area contributed by atoms with Crippen molar-refractivity contribution in [2.45, 2.75) is 0 Å². The third-order valence-electron chi connectivity index (χ3n) is 4.28. The zero-order valence-electron chi connectivity index (χ0n) is 15.5. The molecule has 0 radical (unpaired) electrons. The van der Waals surface area contributed by atoms with Gasteiger partial charge in [0.05, 0.1) is 12.1 Å². The van der Waals surface area contributed by atoms with Crippen LogP contribution in [-0.2, 0) is 0 Å². The number of pyridine rings is 1. The number of hydrogen-bond acceptors (Lipinski definition) is 7. The fraction of sp³-hybridized carbons (Fsp3) is 0.105. The third kappa shape index (κ3) is 4.23. The predicted molar refractivity (Wildman–Crippen MR) is 112 cm³/mol. The second-order valence-electron chi connectivity index (χ2n) is 6.18. The van der Waals surface area contributed by atoms with Gasteiger partial charge in [0.1, 0.15) is 35.4 Å². The number of nitrogens with zero attached hydrogens (tertiary/aromatic N) is 6. The van der Waals surface area contributed by atoms with Crippen molar-refractivity contribution in [1.82, 2.24) is 10.4 Å². The Bertz CT molecular complexity index is 1100. The topological polar surface area (TPSA) is 97.8 Å². The maximum Gasteiger partial charge on any atom is 0.299 e. The zero-order chi connectivity index (χ0) is 20.3. The van der Waals surface area contributed by atoms with Crippen LogP contribution in [0.2, 0.25) is 0 Å². The van der Waals surface area contributed by atoms with Gasteiger partial charge >= 0.3 is 0 Å². The van der Waals surface area contributed by atoms with E-state index in [-0.39, 0.29) is 22.7 Å². The molecular weight excluding hydrogens is 414 g/mol. The number of hydrogen-bond donors (Lipinski definition) is 2. The number of aliphatic imine (C=N–C) groups is 2. The Balaban J connectivity index is 0.00000256. The van der Waals surface area contributed by atoms with Crippen molar-refractivity contribution in [2.24, 2.45) is 15.1 Å². The smallest absolute Gasteiger partial charge is 0.299 e. The number of nitrogens with one attached hydrogen (secondary N) is 2. The summed E-state index contributed by atoms with van der Waals surface area (Å²) in [7, 11) is 0. The largest absolute Gasteiger partial charge is 0.369 e. The van der Waals surface area contributed by atoms with Gasteiger partial charge in [-0.15, -0.1) is 17.8 Å². The molecule has 0 aliphatic carbocycles. The Morgan fingerprint density at radius 2 is 2.00 bits per heavy atom. The number of benzene rings is 1. The summed E-state index contributed by atoms with van der Waals surface area (Å²) in [6.45, 7) is 0.967. The fourth-order valence-corrected chi connectivity index (χ4v) is 2.86. The van der Waals surface area contributed by atoms with Crippen LogP contribution in [-0.4, -0.2) is 41.2 Å². The molecule has 30 heavy (non-hydrogen) atoms. The van der Waals surface area contributed by atoms with Gasteiger partial charge in [-0.1, -0.05) is 0 Å². The summed E-state index contributed by atoms with van der Waals surface area (Å²) in [6.07, 6.45) is 5.98. The Kier molecular flexibility index (Phi) is 6.27. The summed E-state index contributed by atoms with van der Waals surface area (Å²) in [6, 6.07) is 8.73. The first-order valence-corrected chi connectivity index (χ1v) is 8.68. The Morgan fingerprint density at radius 3 is 2.73 bits per heavy atom. The van der Waals surface area contributed by atoms with Gasteiger partial charge in [0.15, 0.2) is 12.5 Å². The lowest BCUT2D eigenvalue weighted by Crippen LogP contribution is -2.55. The summed E-state index contributed by atoms with van der Waals surface area (Å²) >= 11 is 0. The summed E-state index contributed by atoms with van der Waals surface area (Å²) in [5, 5.41) is 16.3. The maximum absolute atomic E-state index is 14.2. The monoisotopic (exact) mass is 429 g/mol. The number of amidine groups is 1. The molecule has 0 amide bonds. The number of halogens is 3. The molecule has 1 unspecified atom stereocenters. The Labute approximate surface area is 176 Å². The zero-order valence-corrected chi connectivity index (χ0v) is 16.3. The van der Waals surface area contributed by atoms with Crippen molar-refractivity contribution in [3.05, 3.63) is 65.5 Å². The molecule has 2 aromatic rings. The van der Waals surface area contributed by atoms with E-state index in [0.717, 1.165) is 6.07 Å². The van der Waals surface area contributed by atoms with Crippen molar-refractivity contribution >= 4 is 42.3 Å². The molecule has 1 aromatic carbocycles. The highest BCUT2D eigenvalue weighted by Crippen LogP contribution is 2.27. The normalized spacial score (nSPS) is 18.7. The lowest BCUT2D eigenvalue weighted by molar-refractivity contribution is -0.838. The molecule has 0 saturated carbocycles. The van der Waals surface area contributed by atoms with E-state index in [1.54, 1.807) is 18.3 Å². The van der Waals surface area contributed by atoms with Gasteiger partial charge in [-0.25, -0.2) is 18.8 Å². The second kappa shape index (κ2) is 8.87. The number of nitriles is 1. The molecular formula is C19H16ClF2N8+.